The molecule has 0 saturated heterocycles. The average Bonchev–Trinajstić information content (AvgIpc) is 3.19. The largest absolute Gasteiger partial charge is 0.462 e. The second-order valence-electron chi connectivity index (χ2n) is 15.6. The zero-order valence-electron chi connectivity index (χ0n) is 36.9. The first kappa shape index (κ1) is 53.4. The van der Waals surface area contributed by atoms with Crippen LogP contribution in [0.2, 0.25) is 0 Å². The summed E-state index contributed by atoms with van der Waals surface area (Å²) in [6, 6.07) is 0. The van der Waals surface area contributed by atoms with Gasteiger partial charge in [0, 0.05) is 19.3 Å². The molecule has 1 unspecified atom stereocenters. The first-order valence-corrected chi connectivity index (χ1v) is 23.6. The van der Waals surface area contributed by atoms with E-state index in [1.54, 1.807) is 0 Å². The fourth-order valence-corrected chi connectivity index (χ4v) is 6.55. The minimum absolute atomic E-state index is 0.0872. The molecule has 0 aliphatic carbocycles. The lowest BCUT2D eigenvalue weighted by Gasteiger charge is -2.18. The van der Waals surface area contributed by atoms with Gasteiger partial charge in [0.05, 0.1) is 0 Å². The van der Waals surface area contributed by atoms with E-state index >= 15 is 0 Å². The fraction of sp³-hybridized carbons (Fsp3) is 0.780. The third-order valence-electron chi connectivity index (χ3n) is 10.1. The Morgan fingerprint density at radius 2 is 0.696 bits per heavy atom. The van der Waals surface area contributed by atoms with Gasteiger partial charge in [-0.25, -0.2) is 0 Å². The number of ether oxygens (including phenoxy) is 3. The molecule has 324 valence electrons. The summed E-state index contributed by atoms with van der Waals surface area (Å²) in [5.41, 5.74) is 0. The average molecular weight is 785 g/mol. The number of hydrogen-bond donors (Lipinski definition) is 0. The highest BCUT2D eigenvalue weighted by Gasteiger charge is 2.19. The van der Waals surface area contributed by atoms with Gasteiger partial charge >= 0.3 is 17.9 Å². The van der Waals surface area contributed by atoms with Gasteiger partial charge in [0.2, 0.25) is 0 Å². The molecule has 0 aliphatic rings. The first-order chi connectivity index (χ1) is 27.5. The Morgan fingerprint density at radius 1 is 0.375 bits per heavy atom. The van der Waals surface area contributed by atoms with Crippen molar-refractivity contribution in [3.63, 3.8) is 0 Å². The molecular formula is C50H88O6. The second kappa shape index (κ2) is 45.1. The van der Waals surface area contributed by atoms with Crippen LogP contribution >= 0.6 is 0 Å². The zero-order chi connectivity index (χ0) is 40.8. The van der Waals surface area contributed by atoms with Crippen LogP contribution in [0, 0.1) is 0 Å². The number of carbonyl (C=O) groups excluding carboxylic acids is 3. The van der Waals surface area contributed by atoms with E-state index in [-0.39, 0.29) is 37.5 Å². The van der Waals surface area contributed by atoms with E-state index in [9.17, 15) is 14.4 Å². The predicted molar refractivity (Wildman–Crippen MR) is 238 cm³/mol. The van der Waals surface area contributed by atoms with Gasteiger partial charge in [-0.1, -0.05) is 204 Å². The van der Waals surface area contributed by atoms with Crippen molar-refractivity contribution in [2.45, 2.75) is 239 Å². The first-order valence-electron chi connectivity index (χ1n) is 23.6. The number of esters is 3. The van der Waals surface area contributed by atoms with E-state index in [1.165, 1.54) is 109 Å². The molecule has 6 nitrogen and oxygen atoms in total. The minimum Gasteiger partial charge on any atom is -0.462 e. The van der Waals surface area contributed by atoms with Crippen LogP contribution in [-0.4, -0.2) is 37.2 Å². The summed E-state index contributed by atoms with van der Waals surface area (Å²) in [6.07, 6.45) is 52.5. The molecule has 0 bridgehead atoms. The van der Waals surface area contributed by atoms with Crippen LogP contribution in [0.15, 0.2) is 48.6 Å². The third-order valence-corrected chi connectivity index (χ3v) is 10.1. The SMILES string of the molecule is CC/C=C\C/C=C\C/C=C\C/C=C\CCCCC(=O)OC(COC(=O)CCCCCCCCC)COC(=O)CCCCCCCCCCCCCCCCCC. The lowest BCUT2D eigenvalue weighted by molar-refractivity contribution is -0.167. The van der Waals surface area contributed by atoms with E-state index in [0.29, 0.717) is 19.3 Å². The van der Waals surface area contributed by atoms with Crippen LogP contribution in [-0.2, 0) is 28.6 Å². The Morgan fingerprint density at radius 3 is 1.09 bits per heavy atom. The topological polar surface area (TPSA) is 78.9 Å². The highest BCUT2D eigenvalue weighted by molar-refractivity contribution is 5.71. The molecule has 0 amide bonds. The van der Waals surface area contributed by atoms with E-state index in [0.717, 1.165) is 77.0 Å². The molecule has 0 aromatic heterocycles. The maximum atomic E-state index is 12.7. The molecule has 0 fully saturated rings. The lowest BCUT2D eigenvalue weighted by atomic mass is 10.0. The Labute approximate surface area is 346 Å². The van der Waals surface area contributed by atoms with Crippen molar-refractivity contribution in [3.8, 4) is 0 Å². The Bertz CT molecular complexity index is 996. The van der Waals surface area contributed by atoms with Gasteiger partial charge in [-0.05, 0) is 57.8 Å². The van der Waals surface area contributed by atoms with Gasteiger partial charge in [-0.15, -0.1) is 0 Å². The zero-order valence-corrected chi connectivity index (χ0v) is 36.9. The number of hydrogen-bond acceptors (Lipinski definition) is 6. The van der Waals surface area contributed by atoms with Crippen molar-refractivity contribution in [1.29, 1.82) is 0 Å². The summed E-state index contributed by atoms with van der Waals surface area (Å²) >= 11 is 0. The van der Waals surface area contributed by atoms with Gasteiger partial charge < -0.3 is 14.2 Å². The number of unbranched alkanes of at least 4 members (excludes halogenated alkanes) is 23. The van der Waals surface area contributed by atoms with Crippen molar-refractivity contribution >= 4 is 17.9 Å². The summed E-state index contributed by atoms with van der Waals surface area (Å²) in [6.45, 7) is 6.45. The standard InChI is InChI=1S/C50H88O6/c1-4-7-10-13-16-18-20-22-24-26-27-29-31-34-37-40-43-49(52)55-46-47(45-54-48(51)42-39-36-33-15-12-9-6-3)56-50(53)44-41-38-35-32-30-28-25-23-21-19-17-14-11-8-5-2/h8,11,17,19,23,25,30,32,47H,4-7,9-10,12-16,18,20-22,24,26-29,31,33-46H2,1-3H3/b11-8-,19-17-,25-23-,32-30-. The molecule has 0 aliphatic heterocycles. The van der Waals surface area contributed by atoms with Gasteiger partial charge in [0.25, 0.3) is 0 Å². The van der Waals surface area contributed by atoms with Crippen LogP contribution in [0.1, 0.15) is 233 Å². The number of allylic oxidation sites excluding steroid dienone is 8. The molecule has 1 atom stereocenters. The van der Waals surface area contributed by atoms with E-state index in [2.05, 4.69) is 69.4 Å². The molecule has 0 heterocycles. The molecule has 6 heteroatoms. The second-order valence-corrected chi connectivity index (χ2v) is 15.6. The maximum Gasteiger partial charge on any atom is 0.306 e. The summed E-state index contributed by atoms with van der Waals surface area (Å²) in [7, 11) is 0. The lowest BCUT2D eigenvalue weighted by Crippen LogP contribution is -2.30. The molecule has 56 heavy (non-hydrogen) atoms. The molecule has 0 aromatic rings. The molecule has 0 aromatic carbocycles. The molecule has 0 radical (unpaired) electrons. The summed E-state index contributed by atoms with van der Waals surface area (Å²) in [4.78, 5) is 37.6. The van der Waals surface area contributed by atoms with Crippen molar-refractivity contribution < 1.29 is 28.6 Å². The van der Waals surface area contributed by atoms with Gasteiger partial charge in [-0.2, -0.15) is 0 Å². The highest BCUT2D eigenvalue weighted by Crippen LogP contribution is 2.15. The summed E-state index contributed by atoms with van der Waals surface area (Å²) < 4.78 is 16.6. The van der Waals surface area contributed by atoms with Crippen LogP contribution in [0.4, 0.5) is 0 Å². The van der Waals surface area contributed by atoms with Crippen LogP contribution < -0.4 is 0 Å². The number of carbonyl (C=O) groups is 3. The van der Waals surface area contributed by atoms with Crippen LogP contribution in [0.25, 0.3) is 0 Å². The predicted octanol–water partition coefficient (Wildman–Crippen LogP) is 15.1. The monoisotopic (exact) mass is 785 g/mol. The van der Waals surface area contributed by atoms with Gasteiger partial charge in [0.15, 0.2) is 6.10 Å². The van der Waals surface area contributed by atoms with Crippen molar-refractivity contribution in [1.82, 2.24) is 0 Å². The normalized spacial score (nSPS) is 12.4. The smallest absolute Gasteiger partial charge is 0.306 e. The molecule has 0 saturated carbocycles. The summed E-state index contributed by atoms with van der Waals surface area (Å²) in [5, 5.41) is 0. The van der Waals surface area contributed by atoms with Gasteiger partial charge in [-0.3, -0.25) is 14.4 Å². The van der Waals surface area contributed by atoms with Crippen molar-refractivity contribution in [2.24, 2.45) is 0 Å². The van der Waals surface area contributed by atoms with E-state index < -0.39 is 6.10 Å². The quantitative estimate of drug-likeness (QED) is 0.0265. The Hall–Kier alpha value is -2.63. The Kier molecular flexibility index (Phi) is 43.0. The Balaban J connectivity index is 4.33. The molecule has 0 spiro atoms. The van der Waals surface area contributed by atoms with E-state index in [1.807, 2.05) is 0 Å². The molecule has 0 rings (SSSR count). The third kappa shape index (κ3) is 42.5. The van der Waals surface area contributed by atoms with Crippen molar-refractivity contribution in [2.75, 3.05) is 13.2 Å². The molecule has 0 N–H and O–H groups in total. The minimum atomic E-state index is -0.787. The van der Waals surface area contributed by atoms with Crippen molar-refractivity contribution in [3.05, 3.63) is 48.6 Å². The highest BCUT2D eigenvalue weighted by atomic mass is 16.6. The van der Waals surface area contributed by atoms with E-state index in [4.69, 9.17) is 14.2 Å². The van der Waals surface area contributed by atoms with Gasteiger partial charge in [0.1, 0.15) is 13.2 Å². The van der Waals surface area contributed by atoms with Crippen LogP contribution in [0.3, 0.4) is 0 Å². The maximum absolute atomic E-state index is 12.7. The van der Waals surface area contributed by atoms with Crippen LogP contribution in [0.5, 0.6) is 0 Å². The summed E-state index contributed by atoms with van der Waals surface area (Å²) in [5.74, 6) is -0.932. The molecular weight excluding hydrogens is 697 g/mol. The number of rotatable bonds is 42. The fourth-order valence-electron chi connectivity index (χ4n) is 6.55.